The van der Waals surface area contributed by atoms with E-state index in [9.17, 15) is 0 Å². The molecule has 0 nitrogen and oxygen atoms in total. The highest BCUT2D eigenvalue weighted by atomic mass is 79.9. The first-order chi connectivity index (χ1) is 8.13. The third-order valence-corrected chi connectivity index (χ3v) is 9.07. The van der Waals surface area contributed by atoms with Crippen molar-refractivity contribution in [2.24, 2.45) is 10.8 Å². The minimum absolute atomic E-state index is 0.0788. The zero-order valence-electron chi connectivity index (χ0n) is 11.5. The van der Waals surface area contributed by atoms with Crippen LogP contribution in [0.3, 0.4) is 0 Å². The Morgan fingerprint density at radius 3 is 2.44 bits per heavy atom. The molecule has 18 heavy (non-hydrogen) atoms. The molecule has 2 saturated carbocycles. The Bertz CT molecular complexity index is 362. The van der Waals surface area contributed by atoms with Crippen molar-refractivity contribution in [2.75, 3.05) is 0 Å². The summed E-state index contributed by atoms with van der Waals surface area (Å²) in [4.78, 5) is 0.569. The first-order valence-electron chi connectivity index (χ1n) is 6.79. The largest absolute Gasteiger partial charge is 0.121 e. The number of allylic oxidation sites excluding steroid dienone is 1. The molecule has 0 amide bonds. The van der Waals surface area contributed by atoms with Crippen LogP contribution in [0.2, 0.25) is 0 Å². The zero-order chi connectivity index (χ0) is 13.8. The number of rotatable bonds is 0. The summed E-state index contributed by atoms with van der Waals surface area (Å²) >= 11 is 14.4. The van der Waals surface area contributed by atoms with Gasteiger partial charge in [-0.15, -0.1) is 11.6 Å². The molecule has 2 fully saturated rings. The first-order valence-corrected chi connectivity index (χ1v) is 8.93. The Balaban J connectivity index is 2.37. The summed E-state index contributed by atoms with van der Waals surface area (Å²) in [5, 5.41) is 0.181. The maximum atomic E-state index is 6.67. The standard InChI is InChI=1S/C15H23Br2Cl/c1-10-5-6-11(16)13(2,3)15(10)8-7-14(4,17)12(18)9-15/h11-12H,1,5-9H2,2-4H3/t11-,12+,14+,15+/m1/s1. The van der Waals surface area contributed by atoms with Gasteiger partial charge in [-0.25, -0.2) is 0 Å². The Labute approximate surface area is 133 Å². The lowest BCUT2D eigenvalue weighted by Crippen LogP contribution is -2.54. The summed E-state index contributed by atoms with van der Waals surface area (Å²) in [5.41, 5.74) is 1.87. The fourth-order valence-electron chi connectivity index (χ4n) is 3.80. The molecule has 0 bridgehead atoms. The summed E-state index contributed by atoms with van der Waals surface area (Å²) in [6.07, 6.45) is 5.72. The summed E-state index contributed by atoms with van der Waals surface area (Å²) < 4.78 is 0.0788. The summed E-state index contributed by atoms with van der Waals surface area (Å²) in [7, 11) is 0. The Morgan fingerprint density at radius 1 is 1.28 bits per heavy atom. The second kappa shape index (κ2) is 4.77. The van der Waals surface area contributed by atoms with Crippen LogP contribution >= 0.6 is 43.5 Å². The van der Waals surface area contributed by atoms with Crippen molar-refractivity contribution in [3.05, 3.63) is 12.2 Å². The third kappa shape index (κ3) is 2.15. The second-order valence-electron chi connectivity index (χ2n) is 6.86. The van der Waals surface area contributed by atoms with Gasteiger partial charge in [0, 0.05) is 14.5 Å². The Kier molecular flexibility index (Phi) is 4.08. The zero-order valence-corrected chi connectivity index (χ0v) is 15.5. The normalized spacial score (nSPS) is 48.4. The molecule has 0 aromatic heterocycles. The van der Waals surface area contributed by atoms with Crippen LogP contribution in [0.1, 0.15) is 52.9 Å². The highest BCUT2D eigenvalue weighted by molar-refractivity contribution is 9.10. The molecule has 0 aromatic rings. The maximum Gasteiger partial charge on any atom is 0.0495 e. The highest BCUT2D eigenvalue weighted by Crippen LogP contribution is 2.64. The second-order valence-corrected chi connectivity index (χ2v) is 10.3. The van der Waals surface area contributed by atoms with E-state index in [1.807, 2.05) is 0 Å². The number of alkyl halides is 3. The van der Waals surface area contributed by atoms with Crippen LogP contribution in [0, 0.1) is 10.8 Å². The fourth-order valence-corrected chi connectivity index (χ4v) is 5.20. The van der Waals surface area contributed by atoms with Gasteiger partial charge in [0.25, 0.3) is 0 Å². The molecule has 3 heteroatoms. The summed E-state index contributed by atoms with van der Waals surface area (Å²) in [5.74, 6) is 0. The van der Waals surface area contributed by atoms with Gasteiger partial charge in [-0.2, -0.15) is 0 Å². The van der Waals surface area contributed by atoms with Gasteiger partial charge in [-0.05, 0) is 49.9 Å². The van der Waals surface area contributed by atoms with Crippen LogP contribution in [0.4, 0.5) is 0 Å². The lowest BCUT2D eigenvalue weighted by molar-refractivity contribution is 0.0341. The number of hydrogen-bond donors (Lipinski definition) is 0. The van der Waals surface area contributed by atoms with Crippen molar-refractivity contribution in [3.63, 3.8) is 0 Å². The summed E-state index contributed by atoms with van der Waals surface area (Å²) in [6, 6.07) is 0. The minimum Gasteiger partial charge on any atom is -0.121 e. The van der Waals surface area contributed by atoms with Gasteiger partial charge >= 0.3 is 0 Å². The molecule has 0 heterocycles. The van der Waals surface area contributed by atoms with Crippen molar-refractivity contribution >= 4 is 43.5 Å². The van der Waals surface area contributed by atoms with E-state index in [2.05, 4.69) is 59.2 Å². The molecule has 104 valence electrons. The van der Waals surface area contributed by atoms with E-state index in [1.54, 1.807) is 0 Å². The van der Waals surface area contributed by atoms with Gasteiger partial charge in [0.15, 0.2) is 0 Å². The number of halogens is 3. The molecule has 0 N–H and O–H groups in total. The van der Waals surface area contributed by atoms with Crippen LogP contribution in [-0.4, -0.2) is 14.5 Å². The quantitative estimate of drug-likeness (QED) is 0.344. The van der Waals surface area contributed by atoms with Crippen molar-refractivity contribution in [2.45, 2.75) is 67.4 Å². The molecule has 0 unspecified atom stereocenters. The molecule has 0 aliphatic heterocycles. The monoisotopic (exact) mass is 396 g/mol. The molecule has 0 aromatic carbocycles. The molecule has 2 aliphatic carbocycles. The lowest BCUT2D eigenvalue weighted by atomic mass is 9.50. The lowest BCUT2D eigenvalue weighted by Gasteiger charge is -2.59. The van der Waals surface area contributed by atoms with Gasteiger partial charge in [0.2, 0.25) is 0 Å². The maximum absolute atomic E-state index is 6.67. The van der Waals surface area contributed by atoms with Crippen LogP contribution in [0.5, 0.6) is 0 Å². The predicted molar refractivity (Wildman–Crippen MR) is 88.1 cm³/mol. The van der Waals surface area contributed by atoms with Crippen molar-refractivity contribution in [1.29, 1.82) is 0 Å². The SMILES string of the molecule is C=C1CC[C@@H](Br)C(C)(C)[C@]12CC[C@](C)(Br)[C@@H](Cl)C2. The van der Waals surface area contributed by atoms with E-state index in [1.165, 1.54) is 18.4 Å². The molecule has 2 rings (SSSR count). The van der Waals surface area contributed by atoms with Gasteiger partial charge in [-0.3, -0.25) is 0 Å². The van der Waals surface area contributed by atoms with Gasteiger partial charge in [-0.1, -0.05) is 57.9 Å². The summed E-state index contributed by atoms with van der Waals surface area (Å²) in [6.45, 7) is 11.4. The first kappa shape index (κ1) is 15.4. The minimum atomic E-state index is 0.0788. The van der Waals surface area contributed by atoms with E-state index in [4.69, 9.17) is 11.6 Å². The van der Waals surface area contributed by atoms with Gasteiger partial charge in [0.1, 0.15) is 0 Å². The van der Waals surface area contributed by atoms with Crippen molar-refractivity contribution < 1.29 is 0 Å². The predicted octanol–water partition coefficient (Wildman–Crippen LogP) is 6.06. The third-order valence-electron chi connectivity index (χ3n) is 5.61. The molecule has 0 saturated heterocycles. The molecular weight excluding hydrogens is 375 g/mol. The molecule has 0 radical (unpaired) electrons. The van der Waals surface area contributed by atoms with E-state index in [-0.39, 0.29) is 20.5 Å². The average molecular weight is 399 g/mol. The molecule has 1 spiro atoms. The van der Waals surface area contributed by atoms with E-state index < -0.39 is 0 Å². The fraction of sp³-hybridized carbons (Fsp3) is 0.867. The van der Waals surface area contributed by atoms with Crippen LogP contribution in [0.25, 0.3) is 0 Å². The van der Waals surface area contributed by atoms with E-state index >= 15 is 0 Å². The Morgan fingerprint density at radius 2 is 1.89 bits per heavy atom. The highest BCUT2D eigenvalue weighted by Gasteiger charge is 2.57. The Hall–Kier alpha value is 0.990. The van der Waals surface area contributed by atoms with E-state index in [0.29, 0.717) is 4.83 Å². The molecular formula is C15H23Br2Cl. The van der Waals surface area contributed by atoms with Crippen LogP contribution < -0.4 is 0 Å². The number of hydrogen-bond acceptors (Lipinski definition) is 0. The van der Waals surface area contributed by atoms with E-state index in [0.717, 1.165) is 19.3 Å². The van der Waals surface area contributed by atoms with Gasteiger partial charge in [0.05, 0.1) is 0 Å². The van der Waals surface area contributed by atoms with Crippen LogP contribution in [-0.2, 0) is 0 Å². The smallest absolute Gasteiger partial charge is 0.0495 e. The molecule has 4 atom stereocenters. The van der Waals surface area contributed by atoms with Gasteiger partial charge < -0.3 is 0 Å². The van der Waals surface area contributed by atoms with Crippen molar-refractivity contribution in [3.8, 4) is 0 Å². The average Bonchev–Trinajstić information content (AvgIpc) is 2.27. The van der Waals surface area contributed by atoms with Crippen molar-refractivity contribution in [1.82, 2.24) is 0 Å². The topological polar surface area (TPSA) is 0 Å². The molecule has 2 aliphatic rings. The van der Waals surface area contributed by atoms with Crippen LogP contribution in [0.15, 0.2) is 12.2 Å².